The second kappa shape index (κ2) is 6.31. The summed E-state index contributed by atoms with van der Waals surface area (Å²) < 4.78 is 4.98. The number of nitriles is 1. The summed E-state index contributed by atoms with van der Waals surface area (Å²) in [5.41, 5.74) is 1.32. The van der Waals surface area contributed by atoms with Crippen LogP contribution in [-0.4, -0.2) is 22.5 Å². The molecule has 1 aromatic heterocycles. The van der Waals surface area contributed by atoms with Gasteiger partial charge in [0, 0.05) is 0 Å². The average molecular weight is 290 g/mol. The zero-order valence-corrected chi connectivity index (χ0v) is 11.6. The Labute approximate surface area is 121 Å². The van der Waals surface area contributed by atoms with Crippen LogP contribution in [0.2, 0.25) is 5.15 Å². The van der Waals surface area contributed by atoms with E-state index in [-0.39, 0.29) is 17.5 Å². The summed E-state index contributed by atoms with van der Waals surface area (Å²) in [6.45, 7) is 2.13. The second-order valence-electron chi connectivity index (χ2n) is 4.12. The van der Waals surface area contributed by atoms with Crippen molar-refractivity contribution in [1.82, 2.24) is 9.97 Å². The molecule has 0 bridgehead atoms. The molecule has 2 aromatic rings. The number of ether oxygens (including phenoxy) is 1. The maximum absolute atomic E-state index is 11.9. The molecule has 0 aliphatic heterocycles. The Balaban J connectivity index is 2.42. The summed E-state index contributed by atoms with van der Waals surface area (Å²) in [7, 11) is 0. The van der Waals surface area contributed by atoms with Gasteiger partial charge in [-0.15, -0.1) is 0 Å². The van der Waals surface area contributed by atoms with Crippen molar-refractivity contribution in [3.63, 3.8) is 0 Å². The molecule has 6 heteroatoms. The van der Waals surface area contributed by atoms with Crippen LogP contribution in [0, 0.1) is 11.3 Å². The fraction of sp³-hybridized carbons (Fsp3) is 0.286. The van der Waals surface area contributed by atoms with Gasteiger partial charge in [0.15, 0.2) is 11.1 Å². The number of esters is 1. The highest BCUT2D eigenvalue weighted by Crippen LogP contribution is 2.24. The van der Waals surface area contributed by atoms with E-state index in [9.17, 15) is 4.79 Å². The number of aromatic nitrogens is 2. The fourth-order valence-corrected chi connectivity index (χ4v) is 1.93. The van der Waals surface area contributed by atoms with Crippen molar-refractivity contribution in [2.45, 2.75) is 19.3 Å². The zero-order valence-electron chi connectivity index (χ0n) is 10.8. The molecule has 0 radical (unpaired) electrons. The van der Waals surface area contributed by atoms with Crippen molar-refractivity contribution in [1.29, 1.82) is 5.26 Å². The third kappa shape index (κ3) is 2.86. The van der Waals surface area contributed by atoms with Crippen molar-refractivity contribution >= 4 is 28.6 Å². The number of fused-ring (bicyclic) bond motifs is 1. The van der Waals surface area contributed by atoms with Gasteiger partial charge in [0.25, 0.3) is 0 Å². The summed E-state index contributed by atoms with van der Waals surface area (Å²) in [6.07, 6.45) is 0.682. The highest BCUT2D eigenvalue weighted by atomic mass is 35.5. The van der Waals surface area contributed by atoms with E-state index in [0.29, 0.717) is 17.5 Å². The number of para-hydroxylation sites is 2. The minimum absolute atomic E-state index is 0.0451. The first-order chi connectivity index (χ1) is 9.67. The van der Waals surface area contributed by atoms with E-state index < -0.39 is 11.9 Å². The van der Waals surface area contributed by atoms with Gasteiger partial charge in [0.05, 0.1) is 23.7 Å². The smallest absolute Gasteiger partial charge is 0.329 e. The van der Waals surface area contributed by atoms with Crippen molar-refractivity contribution in [3.05, 3.63) is 35.1 Å². The highest BCUT2D eigenvalue weighted by molar-refractivity contribution is 6.30. The lowest BCUT2D eigenvalue weighted by molar-refractivity contribution is -0.144. The van der Waals surface area contributed by atoms with E-state index in [1.54, 1.807) is 18.2 Å². The van der Waals surface area contributed by atoms with Crippen molar-refractivity contribution < 1.29 is 9.53 Å². The molecule has 1 atom stereocenters. The SMILES string of the molecule is CCCOC(=O)[C@H](C#N)c1nc2ccccc2nc1Cl. The van der Waals surface area contributed by atoms with Crippen LogP contribution >= 0.6 is 11.6 Å². The normalized spacial score (nSPS) is 11.8. The minimum Gasteiger partial charge on any atom is -0.464 e. The van der Waals surface area contributed by atoms with Gasteiger partial charge in [-0.2, -0.15) is 5.26 Å². The third-order valence-corrected chi connectivity index (χ3v) is 2.92. The fourth-order valence-electron chi connectivity index (χ4n) is 1.69. The van der Waals surface area contributed by atoms with Gasteiger partial charge < -0.3 is 4.74 Å². The average Bonchev–Trinajstić information content (AvgIpc) is 2.46. The van der Waals surface area contributed by atoms with E-state index >= 15 is 0 Å². The number of benzene rings is 1. The lowest BCUT2D eigenvalue weighted by Crippen LogP contribution is -2.17. The van der Waals surface area contributed by atoms with Crippen LogP contribution in [0.15, 0.2) is 24.3 Å². The van der Waals surface area contributed by atoms with Crippen LogP contribution in [0.25, 0.3) is 11.0 Å². The van der Waals surface area contributed by atoms with Crippen molar-refractivity contribution in [2.24, 2.45) is 0 Å². The molecule has 0 saturated heterocycles. The maximum atomic E-state index is 11.9. The monoisotopic (exact) mass is 289 g/mol. The molecule has 20 heavy (non-hydrogen) atoms. The summed E-state index contributed by atoms with van der Waals surface area (Å²) in [5.74, 6) is -1.81. The minimum atomic E-state index is -1.16. The van der Waals surface area contributed by atoms with Gasteiger partial charge >= 0.3 is 5.97 Å². The van der Waals surface area contributed by atoms with Gasteiger partial charge in [0.2, 0.25) is 0 Å². The summed E-state index contributed by atoms with van der Waals surface area (Å²) in [6, 6.07) is 8.98. The van der Waals surface area contributed by atoms with E-state index in [1.807, 2.05) is 19.1 Å². The summed E-state index contributed by atoms with van der Waals surface area (Å²) in [4.78, 5) is 20.3. The van der Waals surface area contributed by atoms with Crippen molar-refractivity contribution in [2.75, 3.05) is 6.61 Å². The first-order valence-corrected chi connectivity index (χ1v) is 6.53. The molecular weight excluding hydrogens is 278 g/mol. The number of carbonyl (C=O) groups excluding carboxylic acids is 1. The molecule has 0 N–H and O–H groups in total. The van der Waals surface area contributed by atoms with Crippen LogP contribution in [0.5, 0.6) is 0 Å². The highest BCUT2D eigenvalue weighted by Gasteiger charge is 2.27. The Morgan fingerprint density at radius 2 is 2.05 bits per heavy atom. The molecule has 0 saturated carbocycles. The number of hydrogen-bond donors (Lipinski definition) is 0. The first kappa shape index (κ1) is 14.2. The predicted octanol–water partition coefficient (Wildman–Crippen LogP) is 2.84. The van der Waals surface area contributed by atoms with Gasteiger partial charge in [-0.3, -0.25) is 4.79 Å². The maximum Gasteiger partial charge on any atom is 0.329 e. The number of rotatable bonds is 4. The largest absolute Gasteiger partial charge is 0.464 e. The van der Waals surface area contributed by atoms with E-state index in [0.717, 1.165) is 0 Å². The molecule has 2 rings (SSSR count). The van der Waals surface area contributed by atoms with E-state index in [2.05, 4.69) is 9.97 Å². The standard InChI is InChI=1S/C14H12ClN3O2/c1-2-7-20-14(19)9(8-16)12-13(15)18-11-6-4-3-5-10(11)17-12/h3-6,9H,2,7H2,1H3/t9-/m1/s1. The predicted molar refractivity (Wildman–Crippen MR) is 74.2 cm³/mol. The molecule has 0 aliphatic carbocycles. The molecule has 0 amide bonds. The molecule has 0 fully saturated rings. The molecule has 0 spiro atoms. The van der Waals surface area contributed by atoms with Gasteiger partial charge in [-0.05, 0) is 18.6 Å². The van der Waals surface area contributed by atoms with Crippen LogP contribution in [0.4, 0.5) is 0 Å². The molecule has 0 aliphatic rings. The Morgan fingerprint density at radius 1 is 1.40 bits per heavy atom. The van der Waals surface area contributed by atoms with E-state index in [1.165, 1.54) is 0 Å². The third-order valence-electron chi connectivity index (χ3n) is 2.64. The van der Waals surface area contributed by atoms with Gasteiger partial charge in [0.1, 0.15) is 5.69 Å². The molecule has 102 valence electrons. The lowest BCUT2D eigenvalue weighted by Gasteiger charge is -2.10. The molecule has 1 aromatic carbocycles. The Hall–Kier alpha value is -2.19. The van der Waals surface area contributed by atoms with Crippen LogP contribution in [-0.2, 0) is 9.53 Å². The second-order valence-corrected chi connectivity index (χ2v) is 4.48. The number of nitrogens with zero attached hydrogens (tertiary/aromatic N) is 3. The first-order valence-electron chi connectivity index (χ1n) is 6.15. The lowest BCUT2D eigenvalue weighted by atomic mass is 10.1. The molecule has 1 heterocycles. The van der Waals surface area contributed by atoms with E-state index in [4.69, 9.17) is 21.6 Å². The van der Waals surface area contributed by atoms with Crippen molar-refractivity contribution in [3.8, 4) is 6.07 Å². The number of hydrogen-bond acceptors (Lipinski definition) is 5. The van der Waals surface area contributed by atoms with Crippen LogP contribution in [0.1, 0.15) is 25.0 Å². The Morgan fingerprint density at radius 3 is 2.65 bits per heavy atom. The Kier molecular flexibility index (Phi) is 4.49. The van der Waals surface area contributed by atoms with Crippen LogP contribution in [0.3, 0.4) is 0 Å². The molecule has 0 unspecified atom stereocenters. The summed E-state index contributed by atoms with van der Waals surface area (Å²) in [5, 5.41) is 9.21. The molecular formula is C14H12ClN3O2. The summed E-state index contributed by atoms with van der Waals surface area (Å²) >= 11 is 6.02. The quantitative estimate of drug-likeness (QED) is 0.809. The number of carbonyl (C=O) groups is 1. The van der Waals surface area contributed by atoms with Gasteiger partial charge in [-0.25, -0.2) is 9.97 Å². The van der Waals surface area contributed by atoms with Gasteiger partial charge in [-0.1, -0.05) is 30.7 Å². The molecule has 5 nitrogen and oxygen atoms in total. The Bertz CT molecular complexity index is 682. The number of halogens is 1. The topological polar surface area (TPSA) is 75.9 Å². The zero-order chi connectivity index (χ0) is 14.5. The van der Waals surface area contributed by atoms with Crippen LogP contribution < -0.4 is 0 Å².